The van der Waals surface area contributed by atoms with Crippen LogP contribution in [0.2, 0.25) is 0 Å². The van der Waals surface area contributed by atoms with E-state index in [1.54, 1.807) is 24.0 Å². The van der Waals surface area contributed by atoms with Crippen molar-refractivity contribution in [1.82, 2.24) is 10.2 Å². The van der Waals surface area contributed by atoms with Gasteiger partial charge in [0.25, 0.3) is 0 Å². The summed E-state index contributed by atoms with van der Waals surface area (Å²) in [7, 11) is 0. The standard InChI is InChI=1S/C23H29FN2O2/c1-5-17(3)25-23(28)18(4)26(15-20-10-12-21(24)13-11-20)22(27)14-19-8-6-16(2)7-9-19/h6-13,17-18H,5,14-15H2,1-4H3,(H,25,28)/t17-,18-/m0/s1. The van der Waals surface area contributed by atoms with Gasteiger partial charge in [0.15, 0.2) is 0 Å². The molecule has 0 unspecified atom stereocenters. The number of rotatable bonds is 8. The Hall–Kier alpha value is -2.69. The van der Waals surface area contributed by atoms with E-state index in [0.717, 1.165) is 23.1 Å². The molecule has 2 aromatic rings. The molecule has 0 heterocycles. The van der Waals surface area contributed by atoms with Gasteiger partial charge >= 0.3 is 0 Å². The van der Waals surface area contributed by atoms with E-state index >= 15 is 0 Å². The fourth-order valence-electron chi connectivity index (χ4n) is 2.82. The van der Waals surface area contributed by atoms with Crippen molar-refractivity contribution in [1.29, 1.82) is 0 Å². The summed E-state index contributed by atoms with van der Waals surface area (Å²) in [5, 5.41) is 2.94. The number of aryl methyl sites for hydroxylation is 1. The topological polar surface area (TPSA) is 49.4 Å². The molecular weight excluding hydrogens is 355 g/mol. The Morgan fingerprint density at radius 2 is 1.57 bits per heavy atom. The number of halogens is 1. The third-order valence-corrected chi connectivity index (χ3v) is 4.91. The molecule has 0 aliphatic heterocycles. The average molecular weight is 384 g/mol. The normalized spacial score (nSPS) is 12.9. The van der Waals surface area contributed by atoms with Gasteiger partial charge in [-0.05, 0) is 50.5 Å². The van der Waals surface area contributed by atoms with Gasteiger partial charge in [-0.15, -0.1) is 0 Å². The van der Waals surface area contributed by atoms with E-state index in [0.29, 0.717) is 0 Å². The Morgan fingerprint density at radius 1 is 1.00 bits per heavy atom. The van der Waals surface area contributed by atoms with Crippen molar-refractivity contribution in [2.75, 3.05) is 0 Å². The van der Waals surface area contributed by atoms with Crippen LogP contribution in [-0.4, -0.2) is 28.8 Å². The Morgan fingerprint density at radius 3 is 2.14 bits per heavy atom. The fourth-order valence-corrected chi connectivity index (χ4v) is 2.82. The molecule has 150 valence electrons. The molecule has 0 aliphatic rings. The zero-order valence-corrected chi connectivity index (χ0v) is 17.0. The van der Waals surface area contributed by atoms with Crippen molar-refractivity contribution in [2.24, 2.45) is 0 Å². The highest BCUT2D eigenvalue weighted by Gasteiger charge is 2.26. The van der Waals surface area contributed by atoms with E-state index in [2.05, 4.69) is 5.32 Å². The average Bonchev–Trinajstić information content (AvgIpc) is 2.68. The maximum Gasteiger partial charge on any atom is 0.242 e. The Labute approximate surface area is 166 Å². The molecule has 0 aromatic heterocycles. The zero-order chi connectivity index (χ0) is 20.7. The Bertz CT molecular complexity index is 787. The highest BCUT2D eigenvalue weighted by atomic mass is 19.1. The number of hydrogen-bond donors (Lipinski definition) is 1. The van der Waals surface area contributed by atoms with Gasteiger partial charge in [0.2, 0.25) is 11.8 Å². The first-order valence-corrected chi connectivity index (χ1v) is 9.70. The minimum Gasteiger partial charge on any atom is -0.352 e. The number of nitrogens with zero attached hydrogens (tertiary/aromatic N) is 1. The largest absolute Gasteiger partial charge is 0.352 e. The van der Waals surface area contributed by atoms with Crippen LogP contribution in [0.4, 0.5) is 4.39 Å². The van der Waals surface area contributed by atoms with Crippen LogP contribution in [0.1, 0.15) is 43.9 Å². The third kappa shape index (κ3) is 6.19. The highest BCUT2D eigenvalue weighted by molar-refractivity contribution is 5.88. The molecule has 4 nitrogen and oxygen atoms in total. The molecule has 0 aliphatic carbocycles. The molecule has 0 saturated carbocycles. The van der Waals surface area contributed by atoms with Crippen molar-refractivity contribution in [3.63, 3.8) is 0 Å². The van der Waals surface area contributed by atoms with Gasteiger partial charge in [-0.2, -0.15) is 0 Å². The van der Waals surface area contributed by atoms with Gasteiger partial charge in [-0.3, -0.25) is 9.59 Å². The number of amides is 2. The van der Waals surface area contributed by atoms with Gasteiger partial charge in [0.05, 0.1) is 6.42 Å². The zero-order valence-electron chi connectivity index (χ0n) is 17.0. The van der Waals surface area contributed by atoms with E-state index in [1.165, 1.54) is 12.1 Å². The first kappa shape index (κ1) is 21.6. The van der Waals surface area contributed by atoms with Crippen LogP contribution in [0.15, 0.2) is 48.5 Å². The van der Waals surface area contributed by atoms with Gasteiger partial charge in [-0.1, -0.05) is 48.9 Å². The van der Waals surface area contributed by atoms with Crippen molar-refractivity contribution < 1.29 is 14.0 Å². The lowest BCUT2D eigenvalue weighted by Crippen LogP contribution is -2.49. The van der Waals surface area contributed by atoms with Crippen LogP contribution < -0.4 is 5.32 Å². The first-order chi connectivity index (χ1) is 13.3. The lowest BCUT2D eigenvalue weighted by molar-refractivity contribution is -0.140. The van der Waals surface area contributed by atoms with E-state index < -0.39 is 6.04 Å². The molecule has 0 spiro atoms. The monoisotopic (exact) mass is 384 g/mol. The summed E-state index contributed by atoms with van der Waals surface area (Å²) < 4.78 is 13.2. The summed E-state index contributed by atoms with van der Waals surface area (Å²) in [5.41, 5.74) is 2.80. The van der Waals surface area contributed by atoms with Crippen LogP contribution >= 0.6 is 0 Å². The second-order valence-electron chi connectivity index (χ2n) is 7.30. The summed E-state index contributed by atoms with van der Waals surface area (Å²) in [6, 6.07) is 13.2. The lowest BCUT2D eigenvalue weighted by atomic mass is 10.1. The number of benzene rings is 2. The minimum atomic E-state index is -0.628. The SMILES string of the molecule is CC[C@H](C)NC(=O)[C@H](C)N(Cc1ccc(F)cc1)C(=O)Cc1ccc(C)cc1. The number of hydrogen-bond acceptors (Lipinski definition) is 2. The molecule has 0 radical (unpaired) electrons. The van der Waals surface area contributed by atoms with Gasteiger partial charge < -0.3 is 10.2 Å². The fraction of sp³-hybridized carbons (Fsp3) is 0.391. The molecule has 0 bridgehead atoms. The molecule has 1 N–H and O–H groups in total. The predicted octanol–water partition coefficient (Wildman–Crippen LogP) is 4.01. The molecule has 2 atom stereocenters. The summed E-state index contributed by atoms with van der Waals surface area (Å²) in [6.07, 6.45) is 1.02. The van der Waals surface area contributed by atoms with Crippen molar-refractivity contribution in [2.45, 2.75) is 59.2 Å². The van der Waals surface area contributed by atoms with Crippen LogP contribution in [0, 0.1) is 12.7 Å². The van der Waals surface area contributed by atoms with Crippen LogP contribution in [-0.2, 0) is 22.6 Å². The number of carbonyl (C=O) groups excluding carboxylic acids is 2. The van der Waals surface area contributed by atoms with Crippen molar-refractivity contribution >= 4 is 11.8 Å². The summed E-state index contributed by atoms with van der Waals surface area (Å²) in [5.74, 6) is -0.655. The predicted molar refractivity (Wildman–Crippen MR) is 109 cm³/mol. The van der Waals surface area contributed by atoms with Crippen molar-refractivity contribution in [3.05, 3.63) is 71.0 Å². The van der Waals surface area contributed by atoms with E-state index in [9.17, 15) is 14.0 Å². The maximum absolute atomic E-state index is 13.2. The van der Waals surface area contributed by atoms with Crippen LogP contribution in [0.25, 0.3) is 0 Å². The maximum atomic E-state index is 13.2. The smallest absolute Gasteiger partial charge is 0.242 e. The number of carbonyl (C=O) groups is 2. The van der Waals surface area contributed by atoms with Crippen LogP contribution in [0.5, 0.6) is 0 Å². The molecule has 2 aromatic carbocycles. The Kier molecular flexibility index (Phi) is 7.73. The molecule has 0 saturated heterocycles. The number of nitrogens with one attached hydrogen (secondary N) is 1. The molecule has 0 fully saturated rings. The first-order valence-electron chi connectivity index (χ1n) is 9.70. The van der Waals surface area contributed by atoms with Gasteiger partial charge in [0, 0.05) is 12.6 Å². The molecule has 2 amide bonds. The third-order valence-electron chi connectivity index (χ3n) is 4.91. The van der Waals surface area contributed by atoms with Gasteiger partial charge in [0.1, 0.15) is 11.9 Å². The van der Waals surface area contributed by atoms with E-state index in [1.807, 2.05) is 45.0 Å². The molecular formula is C23H29FN2O2. The lowest BCUT2D eigenvalue weighted by Gasteiger charge is -2.30. The minimum absolute atomic E-state index is 0.0369. The summed E-state index contributed by atoms with van der Waals surface area (Å²) >= 11 is 0. The van der Waals surface area contributed by atoms with Crippen molar-refractivity contribution in [3.8, 4) is 0 Å². The van der Waals surface area contributed by atoms with Gasteiger partial charge in [-0.25, -0.2) is 4.39 Å². The molecule has 5 heteroatoms. The van der Waals surface area contributed by atoms with E-state index in [-0.39, 0.29) is 36.6 Å². The molecule has 2 rings (SSSR count). The highest BCUT2D eigenvalue weighted by Crippen LogP contribution is 2.14. The van der Waals surface area contributed by atoms with E-state index in [4.69, 9.17) is 0 Å². The second kappa shape index (κ2) is 10.0. The summed E-state index contributed by atoms with van der Waals surface area (Å²) in [6.45, 7) is 7.90. The second-order valence-corrected chi connectivity index (χ2v) is 7.30. The Balaban J connectivity index is 2.20. The van der Waals surface area contributed by atoms with Crippen LogP contribution in [0.3, 0.4) is 0 Å². The molecule has 28 heavy (non-hydrogen) atoms. The summed E-state index contributed by atoms with van der Waals surface area (Å²) in [4.78, 5) is 27.2. The quantitative estimate of drug-likeness (QED) is 0.748.